The molecule has 2 aromatic rings. The number of aromatic hydroxyl groups is 1. The van der Waals surface area contributed by atoms with Crippen molar-refractivity contribution in [2.24, 2.45) is 0 Å². The monoisotopic (exact) mass is 425 g/mol. The van der Waals surface area contributed by atoms with Gasteiger partial charge in [0.2, 0.25) is 0 Å². The fourth-order valence-corrected chi connectivity index (χ4v) is 3.53. The fourth-order valence-electron chi connectivity index (χ4n) is 3.53. The molecule has 7 nitrogen and oxygen atoms in total. The molecule has 3 rings (SSSR count). The fraction of sp³-hybridized carbons (Fsp3) is 0.333. The molecule has 1 heterocycles. The van der Waals surface area contributed by atoms with E-state index in [1.165, 1.54) is 24.1 Å². The average molecular weight is 425 g/mol. The molecule has 0 radical (unpaired) electrons. The predicted molar refractivity (Wildman–Crippen MR) is 116 cm³/mol. The summed E-state index contributed by atoms with van der Waals surface area (Å²) in [6.45, 7) is 3.04. The van der Waals surface area contributed by atoms with Crippen LogP contribution in [0.3, 0.4) is 0 Å². The van der Waals surface area contributed by atoms with Gasteiger partial charge in [0.05, 0.1) is 24.8 Å². The molecule has 1 saturated heterocycles. The van der Waals surface area contributed by atoms with Gasteiger partial charge in [-0.2, -0.15) is 0 Å². The van der Waals surface area contributed by atoms with Gasteiger partial charge in [-0.05, 0) is 36.2 Å². The Balaban J connectivity index is 2.05. The van der Waals surface area contributed by atoms with E-state index in [0.717, 1.165) is 12.8 Å². The number of aliphatic hydroxyl groups excluding tert-OH is 1. The van der Waals surface area contributed by atoms with Gasteiger partial charge in [-0.3, -0.25) is 9.59 Å². The van der Waals surface area contributed by atoms with Crippen molar-refractivity contribution >= 4 is 17.4 Å². The number of rotatable bonds is 9. The summed E-state index contributed by atoms with van der Waals surface area (Å²) in [5, 5.41) is 20.7. The molecule has 1 atom stereocenters. The smallest absolute Gasteiger partial charge is 0.295 e. The van der Waals surface area contributed by atoms with E-state index in [0.29, 0.717) is 23.5 Å². The maximum atomic E-state index is 12.9. The number of carbonyl (C=O) groups excluding carboxylic acids is 2. The molecule has 0 spiro atoms. The maximum absolute atomic E-state index is 12.9. The van der Waals surface area contributed by atoms with E-state index in [9.17, 15) is 19.8 Å². The van der Waals surface area contributed by atoms with Crippen molar-refractivity contribution in [1.82, 2.24) is 4.90 Å². The van der Waals surface area contributed by atoms with Gasteiger partial charge in [-0.1, -0.05) is 37.6 Å². The van der Waals surface area contributed by atoms with E-state index in [2.05, 4.69) is 6.92 Å². The molecule has 2 aromatic carbocycles. The first-order valence-corrected chi connectivity index (χ1v) is 10.3. The first-order valence-electron chi connectivity index (χ1n) is 10.3. The number of amides is 1. The molecule has 0 bridgehead atoms. The van der Waals surface area contributed by atoms with Gasteiger partial charge in [0.15, 0.2) is 0 Å². The van der Waals surface area contributed by atoms with Crippen LogP contribution in [0.5, 0.6) is 11.5 Å². The third-order valence-electron chi connectivity index (χ3n) is 5.16. The number of methoxy groups -OCH3 is 1. The highest BCUT2D eigenvalue weighted by atomic mass is 16.5. The van der Waals surface area contributed by atoms with Gasteiger partial charge in [0.25, 0.3) is 11.7 Å². The van der Waals surface area contributed by atoms with Gasteiger partial charge in [-0.25, -0.2) is 0 Å². The largest absolute Gasteiger partial charge is 0.508 e. The van der Waals surface area contributed by atoms with Gasteiger partial charge in [0.1, 0.15) is 17.3 Å². The molecule has 0 aliphatic carbocycles. The summed E-state index contributed by atoms with van der Waals surface area (Å²) in [6, 6.07) is 12.3. The molecular weight excluding hydrogens is 398 g/mol. The Hall–Kier alpha value is -3.32. The minimum atomic E-state index is -0.791. The van der Waals surface area contributed by atoms with E-state index >= 15 is 0 Å². The zero-order chi connectivity index (χ0) is 22.4. The molecule has 7 heteroatoms. The average Bonchev–Trinajstić information content (AvgIpc) is 3.03. The van der Waals surface area contributed by atoms with E-state index < -0.39 is 17.7 Å². The lowest BCUT2D eigenvalue weighted by molar-refractivity contribution is -0.140. The zero-order valence-corrected chi connectivity index (χ0v) is 17.7. The van der Waals surface area contributed by atoms with Crippen LogP contribution in [0.25, 0.3) is 5.76 Å². The summed E-state index contributed by atoms with van der Waals surface area (Å²) >= 11 is 0. The predicted octanol–water partition coefficient (Wildman–Crippen LogP) is 3.64. The third-order valence-corrected chi connectivity index (χ3v) is 5.16. The van der Waals surface area contributed by atoms with E-state index in [-0.39, 0.29) is 30.2 Å². The number of phenolic OH excluding ortho intramolecular Hbond substituents is 1. The summed E-state index contributed by atoms with van der Waals surface area (Å²) in [5.41, 5.74) is 0.991. The SMILES string of the molecule is CCCCOc1cccc(C(O)=C2C(=O)C(=O)N(CCOC)C2c2ccc(O)cc2)c1. The van der Waals surface area contributed by atoms with Crippen molar-refractivity contribution in [2.75, 3.05) is 26.9 Å². The normalized spacial score (nSPS) is 17.9. The number of ether oxygens (including phenoxy) is 2. The van der Waals surface area contributed by atoms with E-state index in [1.54, 1.807) is 36.4 Å². The number of ketones is 1. The van der Waals surface area contributed by atoms with E-state index in [4.69, 9.17) is 9.47 Å². The number of hydrogen-bond acceptors (Lipinski definition) is 6. The van der Waals surface area contributed by atoms with Crippen LogP contribution >= 0.6 is 0 Å². The van der Waals surface area contributed by atoms with Crippen LogP contribution < -0.4 is 4.74 Å². The Bertz CT molecular complexity index is 966. The Labute approximate surface area is 181 Å². The summed E-state index contributed by atoms with van der Waals surface area (Å²) in [5.74, 6) is -1.09. The van der Waals surface area contributed by atoms with Crippen molar-refractivity contribution in [3.05, 3.63) is 65.2 Å². The molecule has 1 aliphatic rings. The van der Waals surface area contributed by atoms with Crippen LogP contribution in [0.15, 0.2) is 54.1 Å². The maximum Gasteiger partial charge on any atom is 0.295 e. The van der Waals surface area contributed by atoms with Crippen molar-refractivity contribution in [1.29, 1.82) is 0 Å². The van der Waals surface area contributed by atoms with Gasteiger partial charge >= 0.3 is 0 Å². The highest BCUT2D eigenvalue weighted by molar-refractivity contribution is 6.46. The Morgan fingerprint density at radius 2 is 1.84 bits per heavy atom. The number of likely N-dealkylation sites (tertiary alicyclic amines) is 1. The third kappa shape index (κ3) is 4.88. The highest BCUT2D eigenvalue weighted by Gasteiger charge is 2.45. The van der Waals surface area contributed by atoms with Gasteiger partial charge in [0, 0.05) is 19.2 Å². The van der Waals surface area contributed by atoms with E-state index in [1.807, 2.05) is 0 Å². The lowest BCUT2D eigenvalue weighted by atomic mass is 9.95. The van der Waals surface area contributed by atoms with Crippen LogP contribution in [0.1, 0.15) is 36.9 Å². The lowest BCUT2D eigenvalue weighted by Gasteiger charge is -2.25. The molecule has 0 aromatic heterocycles. The Morgan fingerprint density at radius 1 is 1.10 bits per heavy atom. The second-order valence-electron chi connectivity index (χ2n) is 7.31. The highest BCUT2D eigenvalue weighted by Crippen LogP contribution is 2.39. The molecule has 1 unspecified atom stereocenters. The summed E-state index contributed by atoms with van der Waals surface area (Å²) in [4.78, 5) is 27.0. The number of phenols is 1. The second-order valence-corrected chi connectivity index (χ2v) is 7.31. The van der Waals surface area contributed by atoms with Crippen molar-refractivity contribution in [3.8, 4) is 11.5 Å². The zero-order valence-electron chi connectivity index (χ0n) is 17.7. The number of nitrogens with zero attached hydrogens (tertiary/aromatic N) is 1. The molecular formula is C24H27NO6. The molecule has 31 heavy (non-hydrogen) atoms. The van der Waals surface area contributed by atoms with Gasteiger partial charge in [-0.15, -0.1) is 0 Å². The second kappa shape index (κ2) is 10.1. The number of unbranched alkanes of at least 4 members (excludes halogenated alkanes) is 1. The van der Waals surface area contributed by atoms with Crippen LogP contribution in [-0.2, 0) is 14.3 Å². The summed E-state index contributed by atoms with van der Waals surface area (Å²) in [7, 11) is 1.51. The van der Waals surface area contributed by atoms with Crippen molar-refractivity contribution < 1.29 is 29.3 Å². The Morgan fingerprint density at radius 3 is 2.52 bits per heavy atom. The van der Waals surface area contributed by atoms with Crippen LogP contribution in [0.4, 0.5) is 0 Å². The first kappa shape index (κ1) is 22.4. The summed E-state index contributed by atoms with van der Waals surface area (Å²) < 4.78 is 10.8. The molecule has 164 valence electrons. The topological polar surface area (TPSA) is 96.3 Å². The molecule has 1 fully saturated rings. The quantitative estimate of drug-likeness (QED) is 0.276. The number of hydrogen-bond donors (Lipinski definition) is 2. The number of benzene rings is 2. The standard InChI is InChI=1S/C24H27NO6/c1-3-4-13-31-19-7-5-6-17(15-19)22(27)20-21(16-8-10-18(26)11-9-16)25(12-14-30-2)24(29)23(20)28/h5-11,15,21,26-27H,3-4,12-14H2,1-2H3. The van der Waals surface area contributed by atoms with Crippen LogP contribution in [0.2, 0.25) is 0 Å². The molecule has 1 amide bonds. The van der Waals surface area contributed by atoms with Gasteiger partial charge < -0.3 is 24.6 Å². The minimum Gasteiger partial charge on any atom is -0.508 e. The molecule has 1 aliphatic heterocycles. The molecule has 2 N–H and O–H groups in total. The van der Waals surface area contributed by atoms with Crippen LogP contribution in [-0.4, -0.2) is 53.7 Å². The van der Waals surface area contributed by atoms with Crippen LogP contribution in [0, 0.1) is 0 Å². The first-order chi connectivity index (χ1) is 15.0. The summed E-state index contributed by atoms with van der Waals surface area (Å²) in [6.07, 6.45) is 1.90. The minimum absolute atomic E-state index is 0.00231. The molecule has 0 saturated carbocycles. The van der Waals surface area contributed by atoms with Crippen molar-refractivity contribution in [3.63, 3.8) is 0 Å². The number of Topliss-reactive ketones (excluding diaryl/α,β-unsaturated/α-hetero) is 1. The number of carbonyl (C=O) groups is 2. The lowest BCUT2D eigenvalue weighted by Crippen LogP contribution is -2.32. The number of aliphatic hydroxyl groups is 1. The Kier molecular flexibility index (Phi) is 7.31. The van der Waals surface area contributed by atoms with Crippen molar-refractivity contribution in [2.45, 2.75) is 25.8 Å².